The van der Waals surface area contributed by atoms with Crippen LogP contribution in [-0.2, 0) is 17.5 Å². The van der Waals surface area contributed by atoms with Gasteiger partial charge in [0.25, 0.3) is 0 Å². The predicted molar refractivity (Wildman–Crippen MR) is 95.0 cm³/mol. The van der Waals surface area contributed by atoms with E-state index in [4.69, 9.17) is 10.5 Å². The van der Waals surface area contributed by atoms with E-state index in [9.17, 15) is 18.0 Å². The number of rotatable bonds is 7. The lowest BCUT2D eigenvalue weighted by molar-refractivity contribution is -0.137. The maximum absolute atomic E-state index is 12.8. The third-order valence-corrected chi connectivity index (χ3v) is 3.74. The Morgan fingerprint density at radius 2 is 2.00 bits per heavy atom. The fourth-order valence-electron chi connectivity index (χ4n) is 2.43. The van der Waals surface area contributed by atoms with Crippen LogP contribution in [0.25, 0.3) is 0 Å². The average Bonchev–Trinajstić information content (AvgIpc) is 2.59. The Labute approximate surface area is 155 Å². The molecule has 8 heteroatoms. The van der Waals surface area contributed by atoms with Gasteiger partial charge in [-0.25, -0.2) is 4.98 Å². The molecule has 2 rings (SSSR count). The first-order chi connectivity index (χ1) is 12.7. The minimum absolute atomic E-state index is 0.00705. The highest BCUT2D eigenvalue weighted by atomic mass is 19.4. The minimum Gasteiger partial charge on any atom is -0.439 e. The zero-order chi connectivity index (χ0) is 20.0. The average molecular weight is 381 g/mol. The number of hydrogen-bond donors (Lipinski definition) is 2. The summed E-state index contributed by atoms with van der Waals surface area (Å²) in [6.45, 7) is 4.04. The van der Waals surface area contributed by atoms with E-state index in [0.29, 0.717) is 12.0 Å². The Morgan fingerprint density at radius 3 is 2.67 bits per heavy atom. The summed E-state index contributed by atoms with van der Waals surface area (Å²) in [7, 11) is 0. The lowest BCUT2D eigenvalue weighted by Gasteiger charge is -2.15. The summed E-state index contributed by atoms with van der Waals surface area (Å²) in [6, 6.07) is 7.21. The first kappa shape index (κ1) is 20.7. The Bertz CT molecular complexity index is 779. The van der Waals surface area contributed by atoms with Crippen molar-refractivity contribution in [3.05, 3.63) is 53.7 Å². The van der Waals surface area contributed by atoms with Crippen molar-refractivity contribution in [2.45, 2.75) is 39.0 Å². The molecule has 5 nitrogen and oxygen atoms in total. The Kier molecular flexibility index (Phi) is 6.79. The van der Waals surface area contributed by atoms with Crippen molar-refractivity contribution in [2.75, 3.05) is 0 Å². The van der Waals surface area contributed by atoms with Crippen LogP contribution < -0.4 is 15.8 Å². The van der Waals surface area contributed by atoms with E-state index >= 15 is 0 Å². The van der Waals surface area contributed by atoms with Crippen LogP contribution in [0, 0.1) is 5.92 Å². The molecular formula is C19H22F3N3O2. The topological polar surface area (TPSA) is 77.2 Å². The van der Waals surface area contributed by atoms with E-state index in [2.05, 4.69) is 10.3 Å². The summed E-state index contributed by atoms with van der Waals surface area (Å²) in [5.41, 5.74) is 5.55. The highest BCUT2D eigenvalue weighted by Crippen LogP contribution is 2.32. The normalized spacial score (nSPS) is 12.7. The molecule has 0 spiro atoms. The van der Waals surface area contributed by atoms with Crippen molar-refractivity contribution < 1.29 is 22.7 Å². The van der Waals surface area contributed by atoms with Crippen LogP contribution in [0.5, 0.6) is 11.6 Å². The molecule has 0 radical (unpaired) electrons. The van der Waals surface area contributed by atoms with Crippen molar-refractivity contribution in [2.24, 2.45) is 11.7 Å². The van der Waals surface area contributed by atoms with Gasteiger partial charge in [0.05, 0.1) is 11.6 Å². The highest BCUT2D eigenvalue weighted by Gasteiger charge is 2.30. The van der Waals surface area contributed by atoms with Gasteiger partial charge in [0.1, 0.15) is 5.75 Å². The van der Waals surface area contributed by atoms with Gasteiger partial charge in [-0.1, -0.05) is 26.0 Å². The molecule has 0 saturated heterocycles. The molecule has 0 saturated carbocycles. The molecule has 1 atom stereocenters. The standard InChI is InChI=1S/C19H22F3N3O2/c1-12(2)9-16(23)17(26)25-11-13-5-4-8-24-18(13)27-15-7-3-6-14(10-15)19(20,21)22/h3-8,10,12,16H,9,11,23H2,1-2H3,(H,25,26)/t16-/m1/s1. The van der Waals surface area contributed by atoms with Crippen LogP contribution in [-0.4, -0.2) is 16.9 Å². The summed E-state index contributed by atoms with van der Waals surface area (Å²) in [5.74, 6) is 0.101. The van der Waals surface area contributed by atoms with Gasteiger partial charge >= 0.3 is 6.18 Å². The number of aromatic nitrogens is 1. The molecule has 27 heavy (non-hydrogen) atoms. The second-order valence-corrected chi connectivity index (χ2v) is 6.55. The van der Waals surface area contributed by atoms with Gasteiger partial charge in [-0.3, -0.25) is 4.79 Å². The molecule has 1 heterocycles. The summed E-state index contributed by atoms with van der Waals surface area (Å²) in [5, 5.41) is 2.70. The van der Waals surface area contributed by atoms with Crippen LogP contribution in [0.3, 0.4) is 0 Å². The predicted octanol–water partition coefficient (Wildman–Crippen LogP) is 3.88. The number of hydrogen-bond acceptors (Lipinski definition) is 4. The number of carbonyl (C=O) groups excluding carboxylic acids is 1. The molecule has 0 bridgehead atoms. The number of ether oxygens (including phenoxy) is 1. The third-order valence-electron chi connectivity index (χ3n) is 3.74. The number of halogens is 3. The molecule has 3 N–H and O–H groups in total. The SMILES string of the molecule is CC(C)C[C@@H](N)C(=O)NCc1cccnc1Oc1cccc(C(F)(F)F)c1. The number of amides is 1. The Morgan fingerprint density at radius 1 is 1.26 bits per heavy atom. The largest absolute Gasteiger partial charge is 0.439 e. The third kappa shape index (κ3) is 6.25. The van der Waals surface area contributed by atoms with E-state index in [1.807, 2.05) is 13.8 Å². The minimum atomic E-state index is -4.47. The first-order valence-electron chi connectivity index (χ1n) is 8.49. The smallest absolute Gasteiger partial charge is 0.416 e. The van der Waals surface area contributed by atoms with Crippen LogP contribution in [0.2, 0.25) is 0 Å². The molecule has 1 amide bonds. The van der Waals surface area contributed by atoms with Gasteiger partial charge in [-0.2, -0.15) is 13.2 Å². The van der Waals surface area contributed by atoms with Crippen molar-refractivity contribution in [3.8, 4) is 11.6 Å². The number of carbonyl (C=O) groups is 1. The van der Waals surface area contributed by atoms with Crippen LogP contribution in [0.1, 0.15) is 31.4 Å². The van der Waals surface area contributed by atoms with E-state index in [0.717, 1.165) is 12.1 Å². The fourth-order valence-corrected chi connectivity index (χ4v) is 2.43. The molecule has 0 unspecified atom stereocenters. The maximum Gasteiger partial charge on any atom is 0.416 e. The monoisotopic (exact) mass is 381 g/mol. The number of benzene rings is 1. The Hall–Kier alpha value is -2.61. The molecule has 2 aromatic rings. The van der Waals surface area contributed by atoms with Gasteiger partial charge in [-0.15, -0.1) is 0 Å². The van der Waals surface area contributed by atoms with Crippen molar-refractivity contribution in [3.63, 3.8) is 0 Å². The van der Waals surface area contributed by atoms with E-state index in [1.54, 1.807) is 12.1 Å². The van der Waals surface area contributed by atoms with Crippen molar-refractivity contribution in [1.29, 1.82) is 0 Å². The van der Waals surface area contributed by atoms with Gasteiger partial charge in [0, 0.05) is 18.3 Å². The Balaban J connectivity index is 2.09. The van der Waals surface area contributed by atoms with Crippen molar-refractivity contribution in [1.82, 2.24) is 10.3 Å². The molecule has 0 fully saturated rings. The maximum atomic E-state index is 12.8. The van der Waals surface area contributed by atoms with E-state index < -0.39 is 17.8 Å². The van der Waals surface area contributed by atoms with Gasteiger partial charge < -0.3 is 15.8 Å². The molecular weight excluding hydrogens is 359 g/mol. The fraction of sp³-hybridized carbons (Fsp3) is 0.368. The quantitative estimate of drug-likeness (QED) is 0.763. The molecule has 0 aliphatic rings. The summed E-state index contributed by atoms with van der Waals surface area (Å²) < 4.78 is 44.0. The van der Waals surface area contributed by atoms with Crippen LogP contribution in [0.15, 0.2) is 42.6 Å². The van der Waals surface area contributed by atoms with Gasteiger partial charge in [-0.05, 0) is 36.6 Å². The number of nitrogens with one attached hydrogen (secondary N) is 1. The van der Waals surface area contributed by atoms with Crippen LogP contribution in [0.4, 0.5) is 13.2 Å². The number of nitrogens with zero attached hydrogens (tertiary/aromatic N) is 1. The lowest BCUT2D eigenvalue weighted by Crippen LogP contribution is -2.41. The van der Waals surface area contributed by atoms with E-state index in [-0.39, 0.29) is 30.0 Å². The summed E-state index contributed by atoms with van der Waals surface area (Å²) in [4.78, 5) is 16.1. The molecule has 0 aliphatic heterocycles. The molecule has 1 aromatic carbocycles. The molecule has 1 aromatic heterocycles. The van der Waals surface area contributed by atoms with Gasteiger partial charge in [0.15, 0.2) is 0 Å². The first-order valence-corrected chi connectivity index (χ1v) is 8.49. The zero-order valence-electron chi connectivity index (χ0n) is 15.1. The molecule has 146 valence electrons. The highest BCUT2D eigenvalue weighted by molar-refractivity contribution is 5.81. The summed E-state index contributed by atoms with van der Waals surface area (Å²) in [6.07, 6.45) is -2.46. The second kappa shape index (κ2) is 8.85. The van der Waals surface area contributed by atoms with E-state index in [1.165, 1.54) is 18.3 Å². The second-order valence-electron chi connectivity index (χ2n) is 6.55. The number of nitrogens with two attached hydrogens (primary N) is 1. The zero-order valence-corrected chi connectivity index (χ0v) is 15.1. The van der Waals surface area contributed by atoms with Crippen LogP contribution >= 0.6 is 0 Å². The molecule has 0 aliphatic carbocycles. The summed E-state index contributed by atoms with van der Waals surface area (Å²) >= 11 is 0. The number of pyridine rings is 1. The lowest BCUT2D eigenvalue weighted by atomic mass is 10.0. The number of alkyl halides is 3. The van der Waals surface area contributed by atoms with Crippen molar-refractivity contribution >= 4 is 5.91 Å². The van der Waals surface area contributed by atoms with Gasteiger partial charge in [0.2, 0.25) is 11.8 Å².